The molecule has 29 heavy (non-hydrogen) atoms. The maximum Gasteiger partial charge on any atom is 0.332 e. The predicted molar refractivity (Wildman–Crippen MR) is 114 cm³/mol. The van der Waals surface area contributed by atoms with Crippen LogP contribution in [0.5, 0.6) is 0 Å². The van der Waals surface area contributed by atoms with E-state index in [4.69, 9.17) is 4.98 Å². The molecule has 0 saturated carbocycles. The lowest BCUT2D eigenvalue weighted by atomic mass is 10.0. The van der Waals surface area contributed by atoms with Gasteiger partial charge >= 0.3 is 5.69 Å². The normalized spacial score (nSPS) is 17.9. The molecule has 1 aliphatic heterocycles. The van der Waals surface area contributed by atoms with Crippen molar-refractivity contribution in [2.75, 3.05) is 6.54 Å². The van der Waals surface area contributed by atoms with E-state index in [-0.39, 0.29) is 11.2 Å². The molecule has 154 valence electrons. The van der Waals surface area contributed by atoms with Crippen LogP contribution in [0.1, 0.15) is 43.1 Å². The van der Waals surface area contributed by atoms with Crippen molar-refractivity contribution in [1.82, 2.24) is 23.6 Å². The molecule has 3 aromatic rings. The second kappa shape index (κ2) is 7.63. The Bertz CT molecular complexity index is 1170. The standard InChI is InChI=1S/C22H29N5O2/c1-15-8-7-10-17(12-15)13-27-18(14-26-11-6-5-9-16(26)2)23-20-19(27)21(28)25(4)22(29)24(20)3/h7-8,10,12,16H,5-6,9,11,13-14H2,1-4H3. The summed E-state index contributed by atoms with van der Waals surface area (Å²) < 4.78 is 4.66. The van der Waals surface area contributed by atoms with Crippen LogP contribution in [0, 0.1) is 6.92 Å². The van der Waals surface area contributed by atoms with Gasteiger partial charge in [0.2, 0.25) is 0 Å². The molecule has 1 aliphatic rings. The van der Waals surface area contributed by atoms with Crippen molar-refractivity contribution < 1.29 is 0 Å². The summed E-state index contributed by atoms with van der Waals surface area (Å²) in [4.78, 5) is 32.7. The van der Waals surface area contributed by atoms with Gasteiger partial charge in [0, 0.05) is 26.7 Å². The third-order valence-corrected chi connectivity index (χ3v) is 6.14. The number of nitrogens with zero attached hydrogens (tertiary/aromatic N) is 5. The number of aryl methyl sites for hydroxylation is 2. The molecule has 1 unspecified atom stereocenters. The van der Waals surface area contributed by atoms with Gasteiger partial charge in [-0.25, -0.2) is 9.78 Å². The molecule has 0 aliphatic carbocycles. The molecule has 1 saturated heterocycles. The van der Waals surface area contributed by atoms with Crippen molar-refractivity contribution in [1.29, 1.82) is 0 Å². The Morgan fingerprint density at radius 1 is 1.10 bits per heavy atom. The highest BCUT2D eigenvalue weighted by Crippen LogP contribution is 2.21. The first kappa shape index (κ1) is 19.6. The van der Waals surface area contributed by atoms with E-state index in [1.807, 2.05) is 10.6 Å². The Balaban J connectivity index is 1.89. The lowest BCUT2D eigenvalue weighted by Gasteiger charge is -2.33. The maximum absolute atomic E-state index is 13.0. The van der Waals surface area contributed by atoms with Gasteiger partial charge in [0.15, 0.2) is 11.2 Å². The zero-order valence-corrected chi connectivity index (χ0v) is 17.7. The summed E-state index contributed by atoms with van der Waals surface area (Å²) in [6.07, 6.45) is 3.62. The molecule has 7 nitrogen and oxygen atoms in total. The summed E-state index contributed by atoms with van der Waals surface area (Å²) in [7, 11) is 3.21. The summed E-state index contributed by atoms with van der Waals surface area (Å²) >= 11 is 0. The van der Waals surface area contributed by atoms with Crippen LogP contribution in [-0.2, 0) is 27.2 Å². The number of hydrogen-bond acceptors (Lipinski definition) is 4. The average molecular weight is 396 g/mol. The predicted octanol–water partition coefficient (Wildman–Crippen LogP) is 2.16. The fourth-order valence-electron chi connectivity index (χ4n) is 4.35. The van der Waals surface area contributed by atoms with E-state index < -0.39 is 0 Å². The highest BCUT2D eigenvalue weighted by atomic mass is 16.2. The third kappa shape index (κ3) is 3.55. The van der Waals surface area contributed by atoms with Gasteiger partial charge in [0.25, 0.3) is 5.56 Å². The van der Waals surface area contributed by atoms with E-state index in [2.05, 4.69) is 36.9 Å². The third-order valence-electron chi connectivity index (χ3n) is 6.14. The highest BCUT2D eigenvalue weighted by Gasteiger charge is 2.24. The van der Waals surface area contributed by atoms with Crippen molar-refractivity contribution in [3.63, 3.8) is 0 Å². The van der Waals surface area contributed by atoms with Crippen LogP contribution in [0.25, 0.3) is 11.2 Å². The second-order valence-corrected chi connectivity index (χ2v) is 8.30. The summed E-state index contributed by atoms with van der Waals surface area (Å²) in [5.74, 6) is 0.841. The number of piperidine rings is 1. The van der Waals surface area contributed by atoms with Crippen LogP contribution in [0.3, 0.4) is 0 Å². The van der Waals surface area contributed by atoms with E-state index >= 15 is 0 Å². The number of benzene rings is 1. The van der Waals surface area contributed by atoms with E-state index in [0.29, 0.717) is 30.3 Å². The molecule has 0 radical (unpaired) electrons. The molecule has 2 aromatic heterocycles. The van der Waals surface area contributed by atoms with Gasteiger partial charge in [-0.1, -0.05) is 36.2 Å². The molecule has 1 fully saturated rings. The number of rotatable bonds is 4. The Hall–Kier alpha value is -2.67. The Morgan fingerprint density at radius 2 is 1.90 bits per heavy atom. The van der Waals surface area contributed by atoms with Gasteiger partial charge in [-0.3, -0.25) is 18.8 Å². The zero-order valence-electron chi connectivity index (χ0n) is 17.7. The van der Waals surface area contributed by atoms with Gasteiger partial charge in [-0.15, -0.1) is 0 Å². The lowest BCUT2D eigenvalue weighted by Crippen LogP contribution is -2.38. The topological polar surface area (TPSA) is 65.1 Å². The summed E-state index contributed by atoms with van der Waals surface area (Å²) in [6.45, 7) is 6.59. The van der Waals surface area contributed by atoms with E-state index in [1.54, 1.807) is 7.05 Å². The first-order chi connectivity index (χ1) is 13.9. The van der Waals surface area contributed by atoms with E-state index in [9.17, 15) is 9.59 Å². The number of likely N-dealkylation sites (tertiary alicyclic amines) is 1. The molecule has 3 heterocycles. The summed E-state index contributed by atoms with van der Waals surface area (Å²) in [5.41, 5.74) is 2.62. The summed E-state index contributed by atoms with van der Waals surface area (Å²) in [5, 5.41) is 0. The van der Waals surface area contributed by atoms with E-state index in [1.165, 1.54) is 41.0 Å². The molecule has 0 N–H and O–H groups in total. The van der Waals surface area contributed by atoms with Crippen molar-refractivity contribution >= 4 is 11.2 Å². The smallest absolute Gasteiger partial charge is 0.317 e. The monoisotopic (exact) mass is 395 g/mol. The summed E-state index contributed by atoms with van der Waals surface area (Å²) in [6, 6.07) is 8.78. The second-order valence-electron chi connectivity index (χ2n) is 8.30. The van der Waals surface area contributed by atoms with Crippen molar-refractivity contribution in [3.8, 4) is 0 Å². The highest BCUT2D eigenvalue weighted by molar-refractivity contribution is 5.71. The van der Waals surface area contributed by atoms with Crippen LogP contribution in [0.15, 0.2) is 33.9 Å². The molecule has 0 spiro atoms. The van der Waals surface area contributed by atoms with Gasteiger partial charge in [0.1, 0.15) is 5.82 Å². The van der Waals surface area contributed by atoms with Gasteiger partial charge in [0.05, 0.1) is 6.54 Å². The van der Waals surface area contributed by atoms with Gasteiger partial charge in [-0.2, -0.15) is 0 Å². The minimum Gasteiger partial charge on any atom is -0.317 e. The van der Waals surface area contributed by atoms with Gasteiger partial charge < -0.3 is 4.57 Å². The van der Waals surface area contributed by atoms with Crippen molar-refractivity contribution in [2.24, 2.45) is 14.1 Å². The van der Waals surface area contributed by atoms with Crippen molar-refractivity contribution in [3.05, 3.63) is 62.1 Å². The van der Waals surface area contributed by atoms with Crippen LogP contribution in [0.2, 0.25) is 0 Å². The minimum atomic E-state index is -0.347. The van der Waals surface area contributed by atoms with Crippen LogP contribution < -0.4 is 11.2 Å². The number of fused-ring (bicyclic) bond motifs is 1. The number of imidazole rings is 1. The van der Waals surface area contributed by atoms with Gasteiger partial charge in [-0.05, 0) is 38.8 Å². The molecule has 4 rings (SSSR count). The molecular weight excluding hydrogens is 366 g/mol. The zero-order chi connectivity index (χ0) is 20.7. The van der Waals surface area contributed by atoms with Crippen LogP contribution in [0.4, 0.5) is 0 Å². The fourth-order valence-corrected chi connectivity index (χ4v) is 4.35. The SMILES string of the molecule is Cc1cccc(Cn2c(CN3CCCCC3C)nc3c2c(=O)n(C)c(=O)n3C)c1. The Labute approximate surface area is 170 Å². The molecule has 7 heteroatoms. The van der Waals surface area contributed by atoms with Crippen molar-refractivity contribution in [2.45, 2.75) is 52.2 Å². The first-order valence-corrected chi connectivity index (χ1v) is 10.3. The first-order valence-electron chi connectivity index (χ1n) is 10.3. The Kier molecular flexibility index (Phi) is 5.17. The maximum atomic E-state index is 13.0. The Morgan fingerprint density at radius 3 is 2.62 bits per heavy atom. The largest absolute Gasteiger partial charge is 0.332 e. The fraction of sp³-hybridized carbons (Fsp3) is 0.500. The number of aromatic nitrogens is 4. The van der Waals surface area contributed by atoms with E-state index in [0.717, 1.165) is 17.9 Å². The average Bonchev–Trinajstić information content (AvgIpc) is 3.05. The quantitative estimate of drug-likeness (QED) is 0.679. The minimum absolute atomic E-state index is 0.291. The lowest BCUT2D eigenvalue weighted by molar-refractivity contribution is 0.147. The molecule has 1 aromatic carbocycles. The number of hydrogen-bond donors (Lipinski definition) is 0. The molecule has 0 amide bonds. The molecule has 0 bridgehead atoms. The molecule has 1 atom stereocenters. The van der Waals surface area contributed by atoms with Crippen LogP contribution in [-0.4, -0.2) is 36.2 Å². The van der Waals surface area contributed by atoms with Crippen LogP contribution >= 0.6 is 0 Å². The molecular formula is C22H29N5O2.